The van der Waals surface area contributed by atoms with Crippen LogP contribution in [-0.2, 0) is 17.8 Å². The van der Waals surface area contributed by atoms with Crippen LogP contribution >= 0.6 is 0 Å². The summed E-state index contributed by atoms with van der Waals surface area (Å²) in [5.41, 5.74) is 2.23. The quantitative estimate of drug-likeness (QED) is 0.625. The SMILES string of the molecule is O=C(CCc1cccc(OC2CCCC2)c1)Nc1ncn(Cc2ccccc2)n1. The first-order chi connectivity index (χ1) is 14.2. The standard InChI is InChI=1S/C23H26N4O2/c28-22(25-23-24-17-27(26-23)16-19-7-2-1-3-8-19)14-13-18-9-6-12-21(15-18)29-20-10-4-5-11-20/h1-3,6-9,12,15,17,20H,4-5,10-11,13-14,16H2,(H,25,26,28). The van der Waals surface area contributed by atoms with Crippen molar-refractivity contribution in [2.45, 2.75) is 51.2 Å². The molecule has 4 rings (SSSR count). The maximum absolute atomic E-state index is 12.3. The van der Waals surface area contributed by atoms with Gasteiger partial charge in [-0.3, -0.25) is 10.1 Å². The summed E-state index contributed by atoms with van der Waals surface area (Å²) < 4.78 is 7.76. The number of nitrogens with zero attached hydrogens (tertiary/aromatic N) is 3. The number of benzene rings is 2. The van der Waals surface area contributed by atoms with Gasteiger partial charge in [0.05, 0.1) is 12.6 Å². The predicted octanol–water partition coefficient (Wildman–Crippen LogP) is 4.22. The minimum absolute atomic E-state index is 0.0930. The van der Waals surface area contributed by atoms with Crippen molar-refractivity contribution in [3.63, 3.8) is 0 Å². The lowest BCUT2D eigenvalue weighted by molar-refractivity contribution is -0.116. The van der Waals surface area contributed by atoms with Crippen LogP contribution in [0.25, 0.3) is 0 Å². The van der Waals surface area contributed by atoms with E-state index in [1.807, 2.05) is 54.6 Å². The highest BCUT2D eigenvalue weighted by atomic mass is 16.5. The number of hydrogen-bond donors (Lipinski definition) is 1. The van der Waals surface area contributed by atoms with Gasteiger partial charge in [0.2, 0.25) is 11.9 Å². The monoisotopic (exact) mass is 390 g/mol. The molecule has 1 amide bonds. The van der Waals surface area contributed by atoms with E-state index in [1.165, 1.54) is 12.8 Å². The first-order valence-electron chi connectivity index (χ1n) is 10.2. The van der Waals surface area contributed by atoms with E-state index in [-0.39, 0.29) is 5.91 Å². The zero-order chi connectivity index (χ0) is 19.9. The molecule has 1 aliphatic rings. The van der Waals surface area contributed by atoms with Gasteiger partial charge in [0.25, 0.3) is 0 Å². The Morgan fingerprint density at radius 3 is 2.69 bits per heavy atom. The van der Waals surface area contributed by atoms with E-state index in [9.17, 15) is 4.79 Å². The summed E-state index contributed by atoms with van der Waals surface area (Å²) in [6.07, 6.45) is 7.77. The van der Waals surface area contributed by atoms with Crippen molar-refractivity contribution >= 4 is 11.9 Å². The third kappa shape index (κ3) is 5.67. The van der Waals surface area contributed by atoms with Gasteiger partial charge in [0.1, 0.15) is 12.1 Å². The van der Waals surface area contributed by atoms with Crippen LogP contribution in [0.2, 0.25) is 0 Å². The Hall–Kier alpha value is -3.15. The number of amides is 1. The molecule has 0 atom stereocenters. The van der Waals surface area contributed by atoms with Crippen LogP contribution in [0.3, 0.4) is 0 Å². The third-order valence-electron chi connectivity index (χ3n) is 5.12. The zero-order valence-electron chi connectivity index (χ0n) is 16.5. The Bertz CT molecular complexity index is 933. The molecule has 0 spiro atoms. The number of rotatable bonds is 8. The summed E-state index contributed by atoms with van der Waals surface area (Å²) in [7, 11) is 0. The Labute approximate surface area is 170 Å². The van der Waals surface area contributed by atoms with Crippen molar-refractivity contribution in [1.82, 2.24) is 14.8 Å². The molecule has 0 bridgehead atoms. The van der Waals surface area contributed by atoms with Crippen LogP contribution in [0.5, 0.6) is 5.75 Å². The molecule has 1 heterocycles. The molecule has 1 aliphatic carbocycles. The van der Waals surface area contributed by atoms with Crippen LogP contribution in [0.1, 0.15) is 43.2 Å². The molecule has 1 saturated carbocycles. The molecule has 3 aromatic rings. The largest absolute Gasteiger partial charge is 0.490 e. The minimum atomic E-state index is -0.0930. The lowest BCUT2D eigenvalue weighted by atomic mass is 10.1. The van der Waals surface area contributed by atoms with Crippen LogP contribution in [0.4, 0.5) is 5.95 Å². The molecule has 0 saturated heterocycles. The van der Waals surface area contributed by atoms with Gasteiger partial charge in [0, 0.05) is 6.42 Å². The number of ether oxygens (including phenoxy) is 1. The molecule has 0 unspecified atom stereocenters. The summed E-state index contributed by atoms with van der Waals surface area (Å²) in [5, 5.41) is 7.10. The fraction of sp³-hybridized carbons (Fsp3) is 0.348. The number of aromatic nitrogens is 3. The first-order valence-corrected chi connectivity index (χ1v) is 10.2. The lowest BCUT2D eigenvalue weighted by Gasteiger charge is -2.13. The van der Waals surface area contributed by atoms with Crippen LogP contribution < -0.4 is 10.1 Å². The van der Waals surface area contributed by atoms with Crippen molar-refractivity contribution in [1.29, 1.82) is 0 Å². The molecule has 29 heavy (non-hydrogen) atoms. The zero-order valence-corrected chi connectivity index (χ0v) is 16.5. The molecule has 150 valence electrons. The average molecular weight is 390 g/mol. The van der Waals surface area contributed by atoms with Crippen molar-refractivity contribution in [2.24, 2.45) is 0 Å². The van der Waals surface area contributed by atoms with Gasteiger partial charge < -0.3 is 4.74 Å². The molecule has 6 heteroatoms. The molecular weight excluding hydrogens is 364 g/mol. The van der Waals surface area contributed by atoms with Crippen molar-refractivity contribution in [3.8, 4) is 5.75 Å². The van der Waals surface area contributed by atoms with E-state index in [0.717, 1.165) is 29.7 Å². The van der Waals surface area contributed by atoms with E-state index in [4.69, 9.17) is 4.74 Å². The maximum atomic E-state index is 12.3. The highest BCUT2D eigenvalue weighted by molar-refractivity contribution is 5.88. The van der Waals surface area contributed by atoms with Gasteiger partial charge in [-0.15, -0.1) is 5.10 Å². The third-order valence-corrected chi connectivity index (χ3v) is 5.12. The van der Waals surface area contributed by atoms with Crippen LogP contribution in [-0.4, -0.2) is 26.8 Å². The van der Waals surface area contributed by atoms with Crippen molar-refractivity contribution in [2.75, 3.05) is 5.32 Å². The highest BCUT2D eigenvalue weighted by Crippen LogP contribution is 2.24. The van der Waals surface area contributed by atoms with Gasteiger partial charge >= 0.3 is 0 Å². The molecule has 1 aromatic heterocycles. The normalized spacial score (nSPS) is 14.1. The lowest BCUT2D eigenvalue weighted by Crippen LogP contribution is -2.14. The van der Waals surface area contributed by atoms with Crippen molar-refractivity contribution in [3.05, 3.63) is 72.1 Å². The summed E-state index contributed by atoms with van der Waals surface area (Å²) in [5.74, 6) is 1.14. The number of nitrogens with one attached hydrogen (secondary N) is 1. The van der Waals surface area contributed by atoms with Gasteiger partial charge in [-0.2, -0.15) is 0 Å². The van der Waals surface area contributed by atoms with Crippen LogP contribution in [0.15, 0.2) is 60.9 Å². The average Bonchev–Trinajstić information content (AvgIpc) is 3.40. The predicted molar refractivity (Wildman–Crippen MR) is 112 cm³/mol. The Balaban J connectivity index is 1.26. The summed E-state index contributed by atoms with van der Waals surface area (Å²) >= 11 is 0. The fourth-order valence-electron chi connectivity index (χ4n) is 3.62. The number of carbonyl (C=O) groups excluding carboxylic acids is 1. The number of hydrogen-bond acceptors (Lipinski definition) is 4. The molecule has 1 fully saturated rings. The summed E-state index contributed by atoms with van der Waals surface area (Å²) in [6, 6.07) is 18.1. The van der Waals surface area contributed by atoms with E-state index < -0.39 is 0 Å². The smallest absolute Gasteiger partial charge is 0.248 e. The van der Waals surface area contributed by atoms with Gasteiger partial charge in [-0.05, 0) is 55.4 Å². The fourth-order valence-corrected chi connectivity index (χ4v) is 3.62. The number of carbonyl (C=O) groups is 1. The molecule has 6 nitrogen and oxygen atoms in total. The number of anilines is 1. The second kappa shape index (κ2) is 9.37. The second-order valence-corrected chi connectivity index (χ2v) is 7.47. The van der Waals surface area contributed by atoms with E-state index in [1.54, 1.807) is 11.0 Å². The van der Waals surface area contributed by atoms with E-state index in [2.05, 4.69) is 15.4 Å². The second-order valence-electron chi connectivity index (χ2n) is 7.47. The Kier molecular flexibility index (Phi) is 6.19. The highest BCUT2D eigenvalue weighted by Gasteiger charge is 2.16. The number of aryl methyl sites for hydroxylation is 1. The van der Waals surface area contributed by atoms with Gasteiger partial charge in [0.15, 0.2) is 0 Å². The molecule has 1 N–H and O–H groups in total. The maximum Gasteiger partial charge on any atom is 0.248 e. The summed E-state index contributed by atoms with van der Waals surface area (Å²) in [6.45, 7) is 0.623. The molecule has 0 radical (unpaired) electrons. The summed E-state index contributed by atoms with van der Waals surface area (Å²) in [4.78, 5) is 16.5. The topological polar surface area (TPSA) is 69.0 Å². The Morgan fingerprint density at radius 2 is 1.86 bits per heavy atom. The van der Waals surface area contributed by atoms with Crippen LogP contribution in [0, 0.1) is 0 Å². The van der Waals surface area contributed by atoms with Gasteiger partial charge in [-0.1, -0.05) is 42.5 Å². The Morgan fingerprint density at radius 1 is 1.07 bits per heavy atom. The molecule has 2 aromatic carbocycles. The van der Waals surface area contributed by atoms with Gasteiger partial charge in [-0.25, -0.2) is 9.67 Å². The molecule has 0 aliphatic heterocycles. The minimum Gasteiger partial charge on any atom is -0.490 e. The molecular formula is C23H26N4O2. The first kappa shape index (κ1) is 19.2. The van der Waals surface area contributed by atoms with E-state index >= 15 is 0 Å². The van der Waals surface area contributed by atoms with Crippen molar-refractivity contribution < 1.29 is 9.53 Å². The van der Waals surface area contributed by atoms with E-state index in [0.29, 0.717) is 31.4 Å².